The van der Waals surface area contributed by atoms with Crippen LogP contribution in [-0.4, -0.2) is 24.1 Å². The smallest absolute Gasteiger partial charge is 0.0223 e. The van der Waals surface area contributed by atoms with E-state index in [1.165, 1.54) is 36.1 Å². The molecule has 0 aromatic heterocycles. The first-order valence-corrected chi connectivity index (χ1v) is 8.63. The standard InChI is InChI=1S/C17H27NS/c1-13(2)15-9-7-14(8-10-15)12-16(18-3)17-6-4-5-11-19-17/h7-10,13,16-18H,4-6,11-12H2,1-3H3. The van der Waals surface area contributed by atoms with E-state index in [4.69, 9.17) is 0 Å². The second-order valence-corrected chi connectivity index (χ2v) is 7.25. The molecule has 1 aromatic rings. The fraction of sp³-hybridized carbons (Fsp3) is 0.647. The van der Waals surface area contributed by atoms with Gasteiger partial charge in [-0.05, 0) is 49.1 Å². The molecule has 1 heterocycles. The average Bonchev–Trinajstić information content (AvgIpc) is 2.46. The quantitative estimate of drug-likeness (QED) is 0.864. The van der Waals surface area contributed by atoms with Crippen LogP contribution in [0.1, 0.15) is 50.2 Å². The summed E-state index contributed by atoms with van der Waals surface area (Å²) in [4.78, 5) is 0. The fourth-order valence-electron chi connectivity index (χ4n) is 2.79. The van der Waals surface area contributed by atoms with Gasteiger partial charge in [-0.25, -0.2) is 0 Å². The number of benzene rings is 1. The summed E-state index contributed by atoms with van der Waals surface area (Å²) in [6, 6.07) is 9.83. The largest absolute Gasteiger partial charge is 0.316 e. The second-order valence-electron chi connectivity index (χ2n) is 5.90. The van der Waals surface area contributed by atoms with Crippen molar-refractivity contribution in [2.24, 2.45) is 0 Å². The first kappa shape index (κ1) is 14.9. The Morgan fingerprint density at radius 1 is 1.21 bits per heavy atom. The predicted molar refractivity (Wildman–Crippen MR) is 87.2 cm³/mol. The minimum atomic E-state index is 0.621. The third kappa shape index (κ3) is 4.25. The van der Waals surface area contributed by atoms with Crippen LogP contribution in [0, 0.1) is 0 Å². The summed E-state index contributed by atoms with van der Waals surface area (Å²) < 4.78 is 0. The molecule has 0 spiro atoms. The normalized spacial score (nSPS) is 21.6. The molecule has 0 bridgehead atoms. The molecule has 0 radical (unpaired) electrons. The molecule has 0 aliphatic carbocycles. The summed E-state index contributed by atoms with van der Waals surface area (Å²) in [5.41, 5.74) is 2.91. The van der Waals surface area contributed by atoms with E-state index in [0.717, 1.165) is 11.7 Å². The van der Waals surface area contributed by atoms with Crippen molar-refractivity contribution in [2.45, 2.75) is 56.7 Å². The van der Waals surface area contributed by atoms with Crippen molar-refractivity contribution in [1.82, 2.24) is 5.32 Å². The van der Waals surface area contributed by atoms with Crippen LogP contribution in [0.5, 0.6) is 0 Å². The highest BCUT2D eigenvalue weighted by Crippen LogP contribution is 2.29. The maximum Gasteiger partial charge on any atom is 0.0223 e. The average molecular weight is 277 g/mol. The monoisotopic (exact) mass is 277 g/mol. The molecule has 1 saturated heterocycles. The Hall–Kier alpha value is -0.470. The van der Waals surface area contributed by atoms with Crippen LogP contribution in [0.3, 0.4) is 0 Å². The summed E-state index contributed by atoms with van der Waals surface area (Å²) in [7, 11) is 2.11. The highest BCUT2D eigenvalue weighted by Gasteiger charge is 2.23. The van der Waals surface area contributed by atoms with Crippen LogP contribution in [0.4, 0.5) is 0 Å². The molecular formula is C17H27NS. The van der Waals surface area contributed by atoms with Crippen LogP contribution in [0.15, 0.2) is 24.3 Å². The Morgan fingerprint density at radius 2 is 1.95 bits per heavy atom. The van der Waals surface area contributed by atoms with Crippen molar-refractivity contribution < 1.29 is 0 Å². The predicted octanol–water partition coefficient (Wildman–Crippen LogP) is 4.23. The number of thioether (sulfide) groups is 1. The Labute approximate surface area is 122 Å². The van der Waals surface area contributed by atoms with E-state index in [0.29, 0.717) is 12.0 Å². The highest BCUT2D eigenvalue weighted by atomic mass is 32.2. The van der Waals surface area contributed by atoms with Gasteiger partial charge in [0.25, 0.3) is 0 Å². The van der Waals surface area contributed by atoms with Crippen molar-refractivity contribution in [3.05, 3.63) is 35.4 Å². The van der Waals surface area contributed by atoms with Gasteiger partial charge in [0.2, 0.25) is 0 Å². The van der Waals surface area contributed by atoms with Gasteiger partial charge >= 0.3 is 0 Å². The van der Waals surface area contributed by atoms with E-state index in [1.807, 2.05) is 0 Å². The van der Waals surface area contributed by atoms with Gasteiger partial charge in [0.15, 0.2) is 0 Å². The Bertz CT molecular complexity index is 365. The molecule has 1 aliphatic rings. The van der Waals surface area contributed by atoms with E-state index in [2.05, 4.69) is 62.2 Å². The van der Waals surface area contributed by atoms with Crippen molar-refractivity contribution in [3.63, 3.8) is 0 Å². The van der Waals surface area contributed by atoms with E-state index in [-0.39, 0.29) is 0 Å². The highest BCUT2D eigenvalue weighted by molar-refractivity contribution is 8.00. The third-order valence-corrected chi connectivity index (χ3v) is 5.65. The zero-order valence-corrected chi connectivity index (χ0v) is 13.3. The minimum Gasteiger partial charge on any atom is -0.316 e. The van der Waals surface area contributed by atoms with Crippen LogP contribution in [0.2, 0.25) is 0 Å². The van der Waals surface area contributed by atoms with E-state index in [9.17, 15) is 0 Å². The summed E-state index contributed by atoms with van der Waals surface area (Å²) >= 11 is 2.16. The Balaban J connectivity index is 1.97. The van der Waals surface area contributed by atoms with Gasteiger partial charge in [0.05, 0.1) is 0 Å². The fourth-order valence-corrected chi connectivity index (χ4v) is 4.27. The summed E-state index contributed by atoms with van der Waals surface area (Å²) in [5.74, 6) is 1.97. The lowest BCUT2D eigenvalue weighted by atomic mass is 9.96. The van der Waals surface area contributed by atoms with Crippen LogP contribution < -0.4 is 5.32 Å². The first-order valence-electron chi connectivity index (χ1n) is 7.58. The molecule has 106 valence electrons. The molecule has 19 heavy (non-hydrogen) atoms. The SMILES string of the molecule is CNC(Cc1ccc(C(C)C)cc1)C1CCCCS1. The maximum absolute atomic E-state index is 3.54. The topological polar surface area (TPSA) is 12.0 Å². The molecular weight excluding hydrogens is 250 g/mol. The molecule has 2 heteroatoms. The summed E-state index contributed by atoms with van der Waals surface area (Å²) in [5, 5.41) is 4.33. The molecule has 1 aromatic carbocycles. The summed E-state index contributed by atoms with van der Waals surface area (Å²) in [6.45, 7) is 4.51. The van der Waals surface area contributed by atoms with Gasteiger partial charge in [0.1, 0.15) is 0 Å². The molecule has 0 amide bonds. The molecule has 1 N–H and O–H groups in total. The van der Waals surface area contributed by atoms with Crippen LogP contribution in [-0.2, 0) is 6.42 Å². The third-order valence-electron chi connectivity index (χ3n) is 4.14. The van der Waals surface area contributed by atoms with Crippen LogP contribution >= 0.6 is 11.8 Å². The van der Waals surface area contributed by atoms with Gasteiger partial charge in [-0.3, -0.25) is 0 Å². The lowest BCUT2D eigenvalue weighted by molar-refractivity contribution is 0.495. The molecule has 2 rings (SSSR count). The number of hydrogen-bond acceptors (Lipinski definition) is 2. The van der Waals surface area contributed by atoms with Gasteiger partial charge in [-0.15, -0.1) is 0 Å². The molecule has 1 aliphatic heterocycles. The lowest BCUT2D eigenvalue weighted by Gasteiger charge is -2.29. The van der Waals surface area contributed by atoms with E-state index >= 15 is 0 Å². The van der Waals surface area contributed by atoms with Gasteiger partial charge < -0.3 is 5.32 Å². The van der Waals surface area contributed by atoms with Crippen molar-refractivity contribution in [2.75, 3.05) is 12.8 Å². The lowest BCUT2D eigenvalue weighted by Crippen LogP contribution is -2.38. The minimum absolute atomic E-state index is 0.621. The first-order chi connectivity index (χ1) is 9.20. The van der Waals surface area contributed by atoms with E-state index < -0.39 is 0 Å². The number of nitrogens with one attached hydrogen (secondary N) is 1. The van der Waals surface area contributed by atoms with Crippen molar-refractivity contribution in [1.29, 1.82) is 0 Å². The molecule has 1 nitrogen and oxygen atoms in total. The molecule has 2 atom stereocenters. The van der Waals surface area contributed by atoms with Gasteiger partial charge in [-0.1, -0.05) is 44.5 Å². The summed E-state index contributed by atoms with van der Waals surface area (Å²) in [6.07, 6.45) is 5.34. The van der Waals surface area contributed by atoms with Crippen molar-refractivity contribution in [3.8, 4) is 0 Å². The van der Waals surface area contributed by atoms with Crippen LogP contribution in [0.25, 0.3) is 0 Å². The molecule has 0 saturated carbocycles. The molecule has 1 fully saturated rings. The maximum atomic E-state index is 3.54. The van der Waals surface area contributed by atoms with E-state index in [1.54, 1.807) is 0 Å². The van der Waals surface area contributed by atoms with Gasteiger partial charge in [-0.2, -0.15) is 11.8 Å². The Morgan fingerprint density at radius 3 is 2.47 bits per heavy atom. The van der Waals surface area contributed by atoms with Gasteiger partial charge in [0, 0.05) is 11.3 Å². The van der Waals surface area contributed by atoms with Crippen molar-refractivity contribution >= 4 is 11.8 Å². The Kier molecular flexibility index (Phi) is 5.77. The zero-order valence-electron chi connectivity index (χ0n) is 12.5. The number of rotatable bonds is 5. The number of hydrogen-bond donors (Lipinski definition) is 1. The zero-order chi connectivity index (χ0) is 13.7. The molecule has 2 unspecified atom stereocenters. The number of likely N-dealkylation sites (N-methyl/N-ethyl adjacent to an activating group) is 1. The second kappa shape index (κ2) is 7.35.